The molecule has 27 heavy (non-hydrogen) atoms. The van der Waals surface area contributed by atoms with Crippen molar-refractivity contribution >= 4 is 15.7 Å². The Balaban J connectivity index is 2.22. The van der Waals surface area contributed by atoms with Crippen LogP contribution in [0, 0.1) is 0 Å². The van der Waals surface area contributed by atoms with E-state index in [1.807, 2.05) is 30.3 Å². The normalized spacial score (nSPS) is 12.6. The van der Waals surface area contributed by atoms with Crippen molar-refractivity contribution in [2.75, 3.05) is 7.05 Å². The van der Waals surface area contributed by atoms with Crippen molar-refractivity contribution in [3.05, 3.63) is 68.5 Å². The fourth-order valence-electron chi connectivity index (χ4n) is 2.65. The second kappa shape index (κ2) is 7.91. The SMILES string of the molecule is C[C@H](C(=O)N(C)Cc1ccccc1)S(=O)(=O)Cc1cc(=O)n(C)c(=O)n1C. The van der Waals surface area contributed by atoms with Crippen LogP contribution in [0.3, 0.4) is 0 Å². The molecule has 0 spiro atoms. The number of hydrogen-bond donors (Lipinski definition) is 0. The first-order valence-electron chi connectivity index (χ1n) is 8.31. The Morgan fingerprint density at radius 2 is 1.70 bits per heavy atom. The lowest BCUT2D eigenvalue weighted by molar-refractivity contribution is -0.129. The standard InChI is InChI=1S/C18H23N3O5S/c1-13(17(23)19(2)11-14-8-6-5-7-9-14)27(25,26)12-15-10-16(22)21(4)18(24)20(15)3/h5-10,13H,11-12H2,1-4H3/t13-/m1/s1. The molecular weight excluding hydrogens is 370 g/mol. The lowest BCUT2D eigenvalue weighted by atomic mass is 10.2. The molecule has 1 heterocycles. The molecular formula is C18H23N3O5S. The van der Waals surface area contributed by atoms with Gasteiger partial charge in [0.25, 0.3) is 5.56 Å². The fraction of sp³-hybridized carbons (Fsp3) is 0.389. The number of sulfone groups is 1. The molecule has 0 N–H and O–H groups in total. The minimum Gasteiger partial charge on any atom is -0.340 e. The Bertz CT molecular complexity index is 1050. The van der Waals surface area contributed by atoms with Gasteiger partial charge >= 0.3 is 5.69 Å². The Morgan fingerprint density at radius 3 is 2.30 bits per heavy atom. The maximum absolute atomic E-state index is 12.7. The fourth-order valence-corrected chi connectivity index (χ4v) is 4.07. The van der Waals surface area contributed by atoms with E-state index in [0.717, 1.165) is 20.8 Å². The zero-order valence-electron chi connectivity index (χ0n) is 15.7. The summed E-state index contributed by atoms with van der Waals surface area (Å²) in [6.45, 7) is 1.60. The van der Waals surface area contributed by atoms with Gasteiger partial charge in [-0.05, 0) is 12.5 Å². The van der Waals surface area contributed by atoms with Crippen LogP contribution in [0.25, 0.3) is 0 Å². The molecule has 0 bridgehead atoms. The van der Waals surface area contributed by atoms with Gasteiger partial charge in [0.15, 0.2) is 9.84 Å². The third-order valence-electron chi connectivity index (χ3n) is 4.50. The first-order valence-corrected chi connectivity index (χ1v) is 10.0. The van der Waals surface area contributed by atoms with Crippen molar-refractivity contribution < 1.29 is 13.2 Å². The lowest BCUT2D eigenvalue weighted by Crippen LogP contribution is -2.41. The average molecular weight is 393 g/mol. The molecule has 0 aliphatic rings. The summed E-state index contributed by atoms with van der Waals surface area (Å²) in [5.41, 5.74) is -0.281. The molecule has 0 saturated carbocycles. The maximum Gasteiger partial charge on any atom is 0.330 e. The third kappa shape index (κ3) is 4.54. The van der Waals surface area contributed by atoms with E-state index in [1.165, 1.54) is 33.0 Å². The van der Waals surface area contributed by atoms with Crippen molar-refractivity contribution in [3.8, 4) is 0 Å². The van der Waals surface area contributed by atoms with Gasteiger partial charge in [-0.25, -0.2) is 13.2 Å². The zero-order chi connectivity index (χ0) is 20.4. The molecule has 0 aliphatic carbocycles. The van der Waals surface area contributed by atoms with Crippen LogP contribution < -0.4 is 11.2 Å². The van der Waals surface area contributed by atoms with Crippen LogP contribution in [0.15, 0.2) is 46.0 Å². The van der Waals surface area contributed by atoms with Crippen molar-refractivity contribution in [2.45, 2.75) is 24.5 Å². The second-order valence-electron chi connectivity index (χ2n) is 6.50. The first kappa shape index (κ1) is 20.6. The predicted octanol–water partition coefficient (Wildman–Crippen LogP) is 0.0459. The van der Waals surface area contributed by atoms with Gasteiger partial charge in [0.1, 0.15) is 5.25 Å². The highest BCUT2D eigenvalue weighted by molar-refractivity contribution is 7.92. The van der Waals surface area contributed by atoms with E-state index in [-0.39, 0.29) is 12.2 Å². The number of aromatic nitrogens is 2. The quantitative estimate of drug-likeness (QED) is 0.690. The smallest absolute Gasteiger partial charge is 0.330 e. The van der Waals surface area contributed by atoms with Crippen LogP contribution in [0.4, 0.5) is 0 Å². The minimum absolute atomic E-state index is 0.0495. The van der Waals surface area contributed by atoms with Crippen LogP contribution in [-0.4, -0.2) is 40.7 Å². The van der Waals surface area contributed by atoms with E-state index in [4.69, 9.17) is 0 Å². The summed E-state index contributed by atoms with van der Waals surface area (Å²) >= 11 is 0. The highest BCUT2D eigenvalue weighted by Crippen LogP contribution is 2.13. The molecule has 1 aromatic heterocycles. The molecule has 1 aromatic carbocycles. The van der Waals surface area contributed by atoms with E-state index in [0.29, 0.717) is 0 Å². The Hall–Kier alpha value is -2.68. The van der Waals surface area contributed by atoms with Crippen LogP contribution >= 0.6 is 0 Å². The van der Waals surface area contributed by atoms with Crippen molar-refractivity contribution in [3.63, 3.8) is 0 Å². The molecule has 1 atom stereocenters. The Morgan fingerprint density at radius 1 is 1.11 bits per heavy atom. The van der Waals surface area contributed by atoms with Gasteiger partial charge in [0.05, 0.1) is 5.75 Å². The highest BCUT2D eigenvalue weighted by atomic mass is 32.2. The largest absolute Gasteiger partial charge is 0.340 e. The summed E-state index contributed by atoms with van der Waals surface area (Å²) in [5.74, 6) is -1.12. The Kier molecular flexibility index (Phi) is 6.04. The van der Waals surface area contributed by atoms with E-state index < -0.39 is 38.0 Å². The van der Waals surface area contributed by atoms with E-state index in [1.54, 1.807) is 0 Å². The number of amides is 1. The van der Waals surface area contributed by atoms with Crippen LogP contribution in [-0.2, 0) is 41.0 Å². The van der Waals surface area contributed by atoms with Crippen LogP contribution in [0.1, 0.15) is 18.2 Å². The molecule has 2 aromatic rings. The summed E-state index contributed by atoms with van der Waals surface area (Å²) in [6, 6.07) is 10.3. The van der Waals surface area contributed by atoms with Crippen LogP contribution in [0.5, 0.6) is 0 Å². The monoisotopic (exact) mass is 393 g/mol. The number of rotatable bonds is 6. The van der Waals surface area contributed by atoms with Crippen LogP contribution in [0.2, 0.25) is 0 Å². The van der Waals surface area contributed by atoms with E-state index >= 15 is 0 Å². The van der Waals surface area contributed by atoms with E-state index in [2.05, 4.69) is 0 Å². The summed E-state index contributed by atoms with van der Waals surface area (Å²) < 4.78 is 27.4. The number of benzene rings is 1. The first-order chi connectivity index (χ1) is 12.5. The summed E-state index contributed by atoms with van der Waals surface area (Å²) in [5, 5.41) is -1.30. The average Bonchev–Trinajstić information content (AvgIpc) is 2.63. The number of carbonyl (C=O) groups excluding carboxylic acids is 1. The van der Waals surface area contributed by atoms with Gasteiger partial charge < -0.3 is 4.90 Å². The summed E-state index contributed by atoms with van der Waals surface area (Å²) in [6.07, 6.45) is 0. The Labute approximate surface area is 157 Å². The topological polar surface area (TPSA) is 98.5 Å². The van der Waals surface area contributed by atoms with Gasteiger partial charge in [-0.3, -0.25) is 18.7 Å². The second-order valence-corrected chi connectivity index (χ2v) is 8.83. The van der Waals surface area contributed by atoms with Crippen molar-refractivity contribution in [1.82, 2.24) is 14.0 Å². The highest BCUT2D eigenvalue weighted by Gasteiger charge is 2.31. The molecule has 0 radical (unpaired) electrons. The number of carbonyl (C=O) groups is 1. The minimum atomic E-state index is -3.92. The molecule has 0 fully saturated rings. The lowest BCUT2D eigenvalue weighted by Gasteiger charge is -2.22. The van der Waals surface area contributed by atoms with Gasteiger partial charge in [0.2, 0.25) is 5.91 Å². The number of nitrogens with zero attached hydrogens (tertiary/aromatic N) is 3. The van der Waals surface area contributed by atoms with E-state index in [9.17, 15) is 22.8 Å². The maximum atomic E-state index is 12.7. The zero-order valence-corrected chi connectivity index (χ0v) is 16.6. The predicted molar refractivity (Wildman–Crippen MR) is 102 cm³/mol. The van der Waals surface area contributed by atoms with Crippen molar-refractivity contribution in [2.24, 2.45) is 14.1 Å². The van der Waals surface area contributed by atoms with Gasteiger partial charge in [0, 0.05) is 39.4 Å². The molecule has 0 unspecified atom stereocenters. The molecule has 0 saturated heterocycles. The molecule has 146 valence electrons. The van der Waals surface area contributed by atoms with Gasteiger partial charge in [-0.15, -0.1) is 0 Å². The summed E-state index contributed by atoms with van der Waals surface area (Å²) in [7, 11) is 0.322. The molecule has 2 rings (SSSR count). The molecule has 1 amide bonds. The third-order valence-corrected chi connectivity index (χ3v) is 6.48. The van der Waals surface area contributed by atoms with Gasteiger partial charge in [-0.2, -0.15) is 0 Å². The molecule has 0 aliphatic heterocycles. The van der Waals surface area contributed by atoms with Gasteiger partial charge in [-0.1, -0.05) is 30.3 Å². The molecule has 9 heteroatoms. The summed E-state index contributed by atoms with van der Waals surface area (Å²) in [4.78, 5) is 37.7. The van der Waals surface area contributed by atoms with Crippen molar-refractivity contribution in [1.29, 1.82) is 0 Å². The number of hydrogen-bond acceptors (Lipinski definition) is 5. The molecule has 8 nitrogen and oxygen atoms in total.